The highest BCUT2D eigenvalue weighted by Gasteiger charge is 2.29. The van der Waals surface area contributed by atoms with Crippen molar-refractivity contribution in [1.82, 2.24) is 5.32 Å². The summed E-state index contributed by atoms with van der Waals surface area (Å²) in [5.41, 5.74) is 4.65. The molecule has 0 saturated carbocycles. The molecule has 17 heavy (non-hydrogen) atoms. The van der Waals surface area contributed by atoms with Gasteiger partial charge in [-0.25, -0.2) is 0 Å². The maximum absolute atomic E-state index is 3.20. The van der Waals surface area contributed by atoms with Crippen molar-refractivity contribution in [3.63, 3.8) is 0 Å². The van der Waals surface area contributed by atoms with E-state index in [-0.39, 0.29) is 0 Å². The summed E-state index contributed by atoms with van der Waals surface area (Å²) in [6.45, 7) is 10.3. The van der Waals surface area contributed by atoms with Crippen molar-refractivity contribution >= 4 is 5.69 Å². The molecule has 1 heterocycles. The summed E-state index contributed by atoms with van der Waals surface area (Å²) in [7, 11) is 1.99. The molecule has 2 heteroatoms. The molecule has 1 aliphatic rings. The second-order valence-electron chi connectivity index (χ2n) is 5.99. The van der Waals surface area contributed by atoms with Crippen LogP contribution in [0.3, 0.4) is 0 Å². The standard InChI is InChI=1S/C15H24N2/c1-12-9-13(10-16-4)5-6-14(12)17-8-7-15(2,3)11-17/h5-6,9,16H,7-8,10-11H2,1-4H3. The van der Waals surface area contributed by atoms with Gasteiger partial charge in [0.1, 0.15) is 0 Å². The van der Waals surface area contributed by atoms with Crippen LogP contribution in [0.1, 0.15) is 31.4 Å². The molecule has 0 atom stereocenters. The average Bonchev–Trinajstić information content (AvgIpc) is 2.59. The van der Waals surface area contributed by atoms with Gasteiger partial charge in [0.15, 0.2) is 0 Å². The van der Waals surface area contributed by atoms with Crippen LogP contribution >= 0.6 is 0 Å². The molecule has 0 bridgehead atoms. The van der Waals surface area contributed by atoms with Crippen molar-refractivity contribution < 1.29 is 0 Å². The minimum Gasteiger partial charge on any atom is -0.371 e. The minimum absolute atomic E-state index is 0.468. The Labute approximate surface area is 105 Å². The highest BCUT2D eigenvalue weighted by Crippen LogP contribution is 2.34. The third-order valence-corrected chi connectivity index (χ3v) is 3.66. The van der Waals surface area contributed by atoms with Gasteiger partial charge in [-0.05, 0) is 43.0 Å². The highest BCUT2D eigenvalue weighted by molar-refractivity contribution is 5.55. The van der Waals surface area contributed by atoms with Crippen LogP contribution in [0.15, 0.2) is 18.2 Å². The lowest BCUT2D eigenvalue weighted by atomic mass is 9.93. The van der Waals surface area contributed by atoms with E-state index >= 15 is 0 Å². The van der Waals surface area contributed by atoms with E-state index < -0.39 is 0 Å². The fraction of sp³-hybridized carbons (Fsp3) is 0.600. The molecule has 0 spiro atoms. The van der Waals surface area contributed by atoms with Crippen LogP contribution in [0.5, 0.6) is 0 Å². The molecule has 0 radical (unpaired) electrons. The van der Waals surface area contributed by atoms with Crippen molar-refractivity contribution in [3.05, 3.63) is 29.3 Å². The van der Waals surface area contributed by atoms with Crippen LogP contribution in [0, 0.1) is 12.3 Å². The molecule has 0 aromatic heterocycles. The molecule has 1 aromatic rings. The van der Waals surface area contributed by atoms with Crippen LogP contribution in [0.2, 0.25) is 0 Å². The largest absolute Gasteiger partial charge is 0.371 e. The van der Waals surface area contributed by atoms with Gasteiger partial charge in [0.2, 0.25) is 0 Å². The minimum atomic E-state index is 0.468. The average molecular weight is 232 g/mol. The van der Waals surface area contributed by atoms with Gasteiger partial charge in [-0.3, -0.25) is 0 Å². The number of anilines is 1. The van der Waals surface area contributed by atoms with Gasteiger partial charge in [0.05, 0.1) is 0 Å². The van der Waals surface area contributed by atoms with Crippen LogP contribution in [-0.2, 0) is 6.54 Å². The topological polar surface area (TPSA) is 15.3 Å². The second kappa shape index (κ2) is 4.69. The highest BCUT2D eigenvalue weighted by atomic mass is 15.2. The molecule has 2 nitrogen and oxygen atoms in total. The third kappa shape index (κ3) is 2.81. The molecule has 94 valence electrons. The molecule has 1 aromatic carbocycles. The van der Waals surface area contributed by atoms with E-state index in [0.29, 0.717) is 5.41 Å². The number of aryl methyl sites for hydroxylation is 1. The van der Waals surface area contributed by atoms with Crippen LogP contribution < -0.4 is 10.2 Å². The van der Waals surface area contributed by atoms with Crippen molar-refractivity contribution in [3.8, 4) is 0 Å². The lowest BCUT2D eigenvalue weighted by molar-refractivity contribution is 0.418. The maximum Gasteiger partial charge on any atom is 0.0396 e. The summed E-state index contributed by atoms with van der Waals surface area (Å²) < 4.78 is 0. The lowest BCUT2D eigenvalue weighted by Crippen LogP contribution is -2.23. The monoisotopic (exact) mass is 232 g/mol. The summed E-state index contributed by atoms with van der Waals surface area (Å²) in [6.07, 6.45) is 1.30. The summed E-state index contributed by atoms with van der Waals surface area (Å²) in [6, 6.07) is 6.82. The normalized spacial score (nSPS) is 18.7. The fourth-order valence-electron chi connectivity index (χ4n) is 2.70. The summed E-state index contributed by atoms with van der Waals surface area (Å²) in [5.74, 6) is 0. The maximum atomic E-state index is 3.20. The first-order chi connectivity index (χ1) is 8.02. The molecule has 2 rings (SSSR count). The van der Waals surface area contributed by atoms with Crippen molar-refractivity contribution in [1.29, 1.82) is 0 Å². The van der Waals surface area contributed by atoms with E-state index in [2.05, 4.69) is 49.2 Å². The summed E-state index contributed by atoms with van der Waals surface area (Å²) >= 11 is 0. The molecular weight excluding hydrogens is 208 g/mol. The number of hydrogen-bond acceptors (Lipinski definition) is 2. The number of nitrogens with zero attached hydrogens (tertiary/aromatic N) is 1. The van der Waals surface area contributed by atoms with E-state index in [1.54, 1.807) is 0 Å². The lowest BCUT2D eigenvalue weighted by Gasteiger charge is -2.23. The Bertz CT molecular complexity index is 396. The Morgan fingerprint density at radius 3 is 2.65 bits per heavy atom. The second-order valence-corrected chi connectivity index (χ2v) is 5.99. The Hall–Kier alpha value is -1.02. The molecule has 0 unspecified atom stereocenters. The number of nitrogens with one attached hydrogen (secondary N) is 1. The van der Waals surface area contributed by atoms with Crippen LogP contribution in [-0.4, -0.2) is 20.1 Å². The molecule has 0 aliphatic carbocycles. The van der Waals surface area contributed by atoms with Gasteiger partial charge in [0, 0.05) is 25.3 Å². The summed E-state index contributed by atoms with van der Waals surface area (Å²) in [5, 5.41) is 3.20. The predicted molar refractivity (Wildman–Crippen MR) is 74.6 cm³/mol. The van der Waals surface area contributed by atoms with E-state index in [0.717, 1.165) is 6.54 Å². The number of hydrogen-bond donors (Lipinski definition) is 1. The van der Waals surface area contributed by atoms with Gasteiger partial charge in [-0.2, -0.15) is 0 Å². The first-order valence-electron chi connectivity index (χ1n) is 6.51. The Morgan fingerprint density at radius 1 is 1.35 bits per heavy atom. The van der Waals surface area contributed by atoms with E-state index in [9.17, 15) is 0 Å². The zero-order chi connectivity index (χ0) is 12.5. The number of rotatable bonds is 3. The first kappa shape index (κ1) is 12.4. The van der Waals surface area contributed by atoms with Crippen molar-refractivity contribution in [2.45, 2.75) is 33.7 Å². The third-order valence-electron chi connectivity index (χ3n) is 3.66. The fourth-order valence-corrected chi connectivity index (χ4v) is 2.70. The zero-order valence-electron chi connectivity index (χ0n) is 11.5. The van der Waals surface area contributed by atoms with Gasteiger partial charge in [-0.1, -0.05) is 26.0 Å². The van der Waals surface area contributed by atoms with Gasteiger partial charge in [0.25, 0.3) is 0 Å². The Kier molecular flexibility index (Phi) is 3.43. The summed E-state index contributed by atoms with van der Waals surface area (Å²) in [4.78, 5) is 2.53. The van der Waals surface area contributed by atoms with Crippen molar-refractivity contribution in [2.75, 3.05) is 25.0 Å². The molecule has 0 amide bonds. The molecule has 1 aliphatic heterocycles. The Morgan fingerprint density at radius 2 is 2.12 bits per heavy atom. The van der Waals surface area contributed by atoms with Gasteiger partial charge >= 0.3 is 0 Å². The SMILES string of the molecule is CNCc1ccc(N2CCC(C)(C)C2)c(C)c1. The smallest absolute Gasteiger partial charge is 0.0396 e. The van der Waals surface area contributed by atoms with Crippen LogP contribution in [0.4, 0.5) is 5.69 Å². The van der Waals surface area contributed by atoms with E-state index in [1.165, 1.54) is 36.3 Å². The molecular formula is C15H24N2. The van der Waals surface area contributed by atoms with Gasteiger partial charge < -0.3 is 10.2 Å². The van der Waals surface area contributed by atoms with Crippen molar-refractivity contribution in [2.24, 2.45) is 5.41 Å². The number of benzene rings is 1. The molecule has 1 fully saturated rings. The van der Waals surface area contributed by atoms with Crippen LogP contribution in [0.25, 0.3) is 0 Å². The molecule has 1 saturated heterocycles. The predicted octanol–water partition coefficient (Wildman–Crippen LogP) is 2.95. The van der Waals surface area contributed by atoms with E-state index in [1.807, 2.05) is 7.05 Å². The first-order valence-corrected chi connectivity index (χ1v) is 6.51. The van der Waals surface area contributed by atoms with Gasteiger partial charge in [-0.15, -0.1) is 0 Å². The molecule has 1 N–H and O–H groups in total. The van der Waals surface area contributed by atoms with E-state index in [4.69, 9.17) is 0 Å². The quantitative estimate of drug-likeness (QED) is 0.862. The Balaban J connectivity index is 2.17. The zero-order valence-corrected chi connectivity index (χ0v) is 11.5.